The Morgan fingerprint density at radius 3 is 2.69 bits per heavy atom. The molecular weight excluding hydrogens is 430 g/mol. The normalized spacial score (nSPS) is 18.2. The van der Waals surface area contributed by atoms with E-state index in [0.29, 0.717) is 35.2 Å². The number of carbonyl (C=O) groups is 2. The summed E-state index contributed by atoms with van der Waals surface area (Å²) in [4.78, 5) is 26.3. The molecule has 0 bridgehead atoms. The number of methoxy groups -OCH3 is 1. The first-order chi connectivity index (χ1) is 15.4. The van der Waals surface area contributed by atoms with E-state index in [2.05, 4.69) is 5.32 Å². The van der Waals surface area contributed by atoms with Crippen LogP contribution in [0.4, 0.5) is 0 Å². The summed E-state index contributed by atoms with van der Waals surface area (Å²) in [6.07, 6.45) is 1.87. The van der Waals surface area contributed by atoms with Gasteiger partial charge in [0, 0.05) is 29.3 Å². The molecule has 0 amide bonds. The SMILES string of the molecule is COc1cc([C@H]2C(C(=O)OCc3ccccc3)=C(C)NC3=C2C(=O)CCC3)cc(Cl)c1O. The van der Waals surface area contributed by atoms with Crippen LogP contribution >= 0.6 is 11.6 Å². The molecule has 1 atom stereocenters. The molecule has 0 radical (unpaired) electrons. The average molecular weight is 454 g/mol. The van der Waals surface area contributed by atoms with E-state index in [1.165, 1.54) is 7.11 Å². The zero-order valence-corrected chi connectivity index (χ0v) is 18.7. The lowest BCUT2D eigenvalue weighted by Crippen LogP contribution is -2.34. The first-order valence-electron chi connectivity index (χ1n) is 10.4. The van der Waals surface area contributed by atoms with E-state index in [4.69, 9.17) is 21.1 Å². The predicted octanol–water partition coefficient (Wildman–Crippen LogP) is 4.77. The number of hydrogen-bond donors (Lipinski definition) is 2. The van der Waals surface area contributed by atoms with E-state index < -0.39 is 11.9 Å². The van der Waals surface area contributed by atoms with E-state index in [1.807, 2.05) is 30.3 Å². The highest BCUT2D eigenvalue weighted by atomic mass is 35.5. The van der Waals surface area contributed by atoms with Gasteiger partial charge < -0.3 is 19.9 Å². The Kier molecular flexibility index (Phi) is 6.24. The van der Waals surface area contributed by atoms with E-state index in [0.717, 1.165) is 17.7 Å². The van der Waals surface area contributed by atoms with E-state index in [-0.39, 0.29) is 28.9 Å². The second-order valence-electron chi connectivity index (χ2n) is 7.88. The number of phenolic OH excluding ortho intramolecular Hbond substituents is 1. The van der Waals surface area contributed by atoms with Crippen LogP contribution in [0.25, 0.3) is 0 Å². The van der Waals surface area contributed by atoms with E-state index >= 15 is 0 Å². The number of Topliss-reactive ketones (excluding diaryl/α,β-unsaturated/α-hetero) is 1. The Labute approximate surface area is 191 Å². The first-order valence-corrected chi connectivity index (χ1v) is 10.8. The van der Waals surface area contributed by atoms with Crippen LogP contribution in [0.2, 0.25) is 5.02 Å². The van der Waals surface area contributed by atoms with Crippen LogP contribution in [0.5, 0.6) is 11.5 Å². The Morgan fingerprint density at radius 1 is 1.22 bits per heavy atom. The number of rotatable bonds is 5. The van der Waals surface area contributed by atoms with E-state index in [1.54, 1.807) is 19.1 Å². The van der Waals surface area contributed by atoms with Gasteiger partial charge in [0.2, 0.25) is 0 Å². The predicted molar refractivity (Wildman–Crippen MR) is 120 cm³/mol. The molecule has 6 nitrogen and oxygen atoms in total. The van der Waals surface area contributed by atoms with Crippen LogP contribution in [-0.4, -0.2) is 24.0 Å². The molecule has 7 heteroatoms. The summed E-state index contributed by atoms with van der Waals surface area (Å²) in [6, 6.07) is 12.6. The Balaban J connectivity index is 1.78. The number of nitrogens with one attached hydrogen (secondary N) is 1. The molecule has 2 aromatic rings. The largest absolute Gasteiger partial charge is 0.503 e. The third-order valence-corrected chi connectivity index (χ3v) is 6.10. The minimum absolute atomic E-state index is 0.0206. The smallest absolute Gasteiger partial charge is 0.337 e. The maximum Gasteiger partial charge on any atom is 0.337 e. The van der Waals surface area contributed by atoms with Crippen LogP contribution < -0.4 is 10.1 Å². The second-order valence-corrected chi connectivity index (χ2v) is 8.29. The molecule has 166 valence electrons. The number of aromatic hydroxyl groups is 1. The number of ketones is 1. The van der Waals surface area contributed by atoms with Crippen LogP contribution in [0.1, 0.15) is 43.2 Å². The zero-order valence-electron chi connectivity index (χ0n) is 17.9. The molecule has 0 aromatic heterocycles. The molecule has 0 unspecified atom stereocenters. The lowest BCUT2D eigenvalue weighted by Gasteiger charge is -2.34. The van der Waals surface area contributed by atoms with Crippen molar-refractivity contribution in [2.75, 3.05) is 7.11 Å². The van der Waals surface area contributed by atoms with Gasteiger partial charge in [-0.2, -0.15) is 0 Å². The van der Waals surface area contributed by atoms with Crippen molar-refractivity contribution >= 4 is 23.4 Å². The Bertz CT molecular complexity index is 1140. The number of benzene rings is 2. The highest BCUT2D eigenvalue weighted by Crippen LogP contribution is 2.46. The molecule has 0 fully saturated rings. The molecule has 1 aliphatic heterocycles. The van der Waals surface area contributed by atoms with Crippen molar-refractivity contribution in [3.05, 3.63) is 81.2 Å². The summed E-state index contributed by atoms with van der Waals surface area (Å²) < 4.78 is 10.9. The number of ether oxygens (including phenoxy) is 2. The van der Waals surface area contributed by atoms with Crippen molar-refractivity contribution < 1.29 is 24.2 Å². The standard InChI is InChI=1S/C25H24ClNO5/c1-14-21(25(30)32-13-15-7-4-3-5-8-15)22(23-18(27-14)9-6-10-19(23)28)16-11-17(26)24(29)20(12-16)31-2/h3-5,7-8,11-12,22,27,29H,6,9-10,13H2,1-2H3/t22-/m0/s1. The molecule has 0 saturated heterocycles. The number of hydrogen-bond acceptors (Lipinski definition) is 6. The number of carbonyl (C=O) groups excluding carboxylic acids is 2. The Hall–Kier alpha value is -3.25. The highest BCUT2D eigenvalue weighted by molar-refractivity contribution is 6.32. The van der Waals surface area contributed by atoms with Gasteiger partial charge in [-0.05, 0) is 43.0 Å². The van der Waals surface area contributed by atoms with Gasteiger partial charge >= 0.3 is 5.97 Å². The summed E-state index contributed by atoms with van der Waals surface area (Å²) >= 11 is 6.25. The summed E-state index contributed by atoms with van der Waals surface area (Å²) in [5.41, 5.74) is 3.77. The molecule has 0 saturated carbocycles. The van der Waals surface area contributed by atoms with Gasteiger partial charge in [-0.25, -0.2) is 4.79 Å². The van der Waals surface area contributed by atoms with Crippen molar-refractivity contribution in [3.63, 3.8) is 0 Å². The number of allylic oxidation sites excluding steroid dienone is 3. The van der Waals surface area contributed by atoms with Crippen molar-refractivity contribution in [2.45, 2.75) is 38.7 Å². The fourth-order valence-electron chi connectivity index (χ4n) is 4.30. The van der Waals surface area contributed by atoms with Gasteiger partial charge in [0.25, 0.3) is 0 Å². The minimum Gasteiger partial charge on any atom is -0.503 e. The highest BCUT2D eigenvalue weighted by Gasteiger charge is 2.39. The lowest BCUT2D eigenvalue weighted by atomic mass is 9.75. The molecule has 2 aromatic carbocycles. The molecule has 1 aliphatic carbocycles. The van der Waals surface area contributed by atoms with Gasteiger partial charge in [0.15, 0.2) is 17.3 Å². The number of halogens is 1. The number of esters is 1. The summed E-state index contributed by atoms with van der Waals surface area (Å²) in [5.74, 6) is -1.23. The average Bonchev–Trinajstić information content (AvgIpc) is 2.79. The summed E-state index contributed by atoms with van der Waals surface area (Å²) in [6.45, 7) is 1.91. The third kappa shape index (κ3) is 4.10. The van der Waals surface area contributed by atoms with Gasteiger partial charge in [0.1, 0.15) is 6.61 Å². The van der Waals surface area contributed by atoms with Crippen molar-refractivity contribution in [2.24, 2.45) is 0 Å². The van der Waals surface area contributed by atoms with Crippen LogP contribution in [0.15, 0.2) is 65.0 Å². The van der Waals surface area contributed by atoms with Crippen molar-refractivity contribution in [1.82, 2.24) is 5.32 Å². The number of dihydropyridines is 1. The fraction of sp³-hybridized carbons (Fsp3) is 0.280. The van der Waals surface area contributed by atoms with Crippen molar-refractivity contribution in [1.29, 1.82) is 0 Å². The Morgan fingerprint density at radius 2 is 1.97 bits per heavy atom. The fourth-order valence-corrected chi connectivity index (χ4v) is 4.52. The topological polar surface area (TPSA) is 84.9 Å². The van der Waals surface area contributed by atoms with Crippen LogP contribution in [0, 0.1) is 0 Å². The van der Waals surface area contributed by atoms with Crippen molar-refractivity contribution in [3.8, 4) is 11.5 Å². The van der Waals surface area contributed by atoms with Gasteiger partial charge in [0.05, 0.1) is 17.7 Å². The second kappa shape index (κ2) is 9.09. The zero-order chi connectivity index (χ0) is 22.8. The van der Waals surface area contributed by atoms with Gasteiger partial charge in [-0.15, -0.1) is 0 Å². The van der Waals surface area contributed by atoms with Crippen LogP contribution in [0.3, 0.4) is 0 Å². The molecule has 4 rings (SSSR count). The maximum atomic E-state index is 13.3. The molecule has 0 spiro atoms. The molecule has 2 aliphatic rings. The third-order valence-electron chi connectivity index (χ3n) is 5.81. The van der Waals surface area contributed by atoms with Gasteiger partial charge in [-0.1, -0.05) is 41.9 Å². The molecule has 32 heavy (non-hydrogen) atoms. The summed E-state index contributed by atoms with van der Waals surface area (Å²) in [7, 11) is 1.42. The van der Waals surface area contributed by atoms with Gasteiger partial charge in [-0.3, -0.25) is 4.79 Å². The monoisotopic (exact) mass is 453 g/mol. The maximum absolute atomic E-state index is 13.3. The quantitative estimate of drug-likeness (QED) is 0.634. The van der Waals surface area contributed by atoms with E-state index in [9.17, 15) is 14.7 Å². The molecule has 1 heterocycles. The molecule has 2 N–H and O–H groups in total. The number of phenols is 1. The minimum atomic E-state index is -0.672. The summed E-state index contributed by atoms with van der Waals surface area (Å²) in [5, 5.41) is 13.5. The lowest BCUT2D eigenvalue weighted by molar-refractivity contribution is -0.140. The molecular formula is C25H24ClNO5. The first kappa shape index (κ1) is 22.0. The van der Waals surface area contributed by atoms with Crippen LogP contribution in [-0.2, 0) is 20.9 Å².